The third-order valence-electron chi connectivity index (χ3n) is 4.68. The average Bonchev–Trinajstić information content (AvgIpc) is 2.72. The summed E-state index contributed by atoms with van der Waals surface area (Å²) in [5, 5.41) is 20.2. The van der Waals surface area contributed by atoms with E-state index in [1.54, 1.807) is 12.1 Å². The van der Waals surface area contributed by atoms with Crippen LogP contribution in [0.25, 0.3) is 22.3 Å². The van der Waals surface area contributed by atoms with Crippen LogP contribution in [0.5, 0.6) is 11.5 Å². The van der Waals surface area contributed by atoms with Gasteiger partial charge in [-0.2, -0.15) is 0 Å². The largest absolute Gasteiger partial charge is 0.507 e. The van der Waals surface area contributed by atoms with Gasteiger partial charge in [0.25, 0.3) is 0 Å². The first-order valence-electron chi connectivity index (χ1n) is 8.79. The molecular weight excluding hydrogens is 372 g/mol. The van der Waals surface area contributed by atoms with E-state index >= 15 is 0 Å². The van der Waals surface area contributed by atoms with Crippen molar-refractivity contribution in [2.24, 2.45) is 0 Å². The molecule has 0 aliphatic heterocycles. The molecule has 0 saturated heterocycles. The monoisotopic (exact) mass is 392 g/mol. The molecule has 0 aliphatic carbocycles. The summed E-state index contributed by atoms with van der Waals surface area (Å²) in [7, 11) is 2.52. The smallest absolute Gasteiger partial charge is 0.341 e. The molecule has 0 radical (unpaired) electrons. The fraction of sp³-hybridized carbons (Fsp3) is 0.130. The van der Waals surface area contributed by atoms with Gasteiger partial charge in [0.1, 0.15) is 22.6 Å². The van der Waals surface area contributed by atoms with Crippen molar-refractivity contribution < 1.29 is 29.3 Å². The van der Waals surface area contributed by atoms with Crippen LogP contribution in [0.2, 0.25) is 0 Å². The number of hydrogen-bond donors (Lipinski definition) is 2. The quantitative estimate of drug-likeness (QED) is 0.643. The fourth-order valence-corrected chi connectivity index (χ4v) is 3.14. The Morgan fingerprint density at radius 3 is 1.62 bits per heavy atom. The predicted octanol–water partition coefficient (Wildman–Crippen LogP) is 4.31. The molecule has 0 atom stereocenters. The summed E-state index contributed by atoms with van der Waals surface area (Å²) < 4.78 is 9.28. The number of phenolic OH excluding ortho intramolecular Hbond substituents is 2. The van der Waals surface area contributed by atoms with Gasteiger partial charge in [-0.3, -0.25) is 0 Å². The Labute approximate surface area is 168 Å². The van der Waals surface area contributed by atoms with Crippen molar-refractivity contribution in [2.45, 2.75) is 6.92 Å². The van der Waals surface area contributed by atoms with Gasteiger partial charge in [0.15, 0.2) is 0 Å². The van der Waals surface area contributed by atoms with Crippen LogP contribution in [-0.4, -0.2) is 36.4 Å². The summed E-state index contributed by atoms with van der Waals surface area (Å²) in [6, 6.07) is 15.2. The average molecular weight is 392 g/mol. The van der Waals surface area contributed by atoms with Gasteiger partial charge in [-0.05, 0) is 59.0 Å². The Balaban J connectivity index is 1.95. The number of carbonyl (C=O) groups excluding carboxylic acids is 2. The van der Waals surface area contributed by atoms with Gasteiger partial charge >= 0.3 is 11.9 Å². The molecular formula is C23H20O6. The maximum atomic E-state index is 11.6. The summed E-state index contributed by atoms with van der Waals surface area (Å²) in [4.78, 5) is 23.3. The molecule has 29 heavy (non-hydrogen) atoms. The van der Waals surface area contributed by atoms with E-state index in [1.165, 1.54) is 38.5 Å². The molecule has 6 nitrogen and oxygen atoms in total. The maximum Gasteiger partial charge on any atom is 0.341 e. The first-order valence-corrected chi connectivity index (χ1v) is 8.79. The summed E-state index contributed by atoms with van der Waals surface area (Å²) in [5.41, 5.74) is 4.38. The zero-order chi connectivity index (χ0) is 21.1. The minimum absolute atomic E-state index is 0.103. The molecule has 0 unspecified atom stereocenters. The van der Waals surface area contributed by atoms with Gasteiger partial charge in [0, 0.05) is 0 Å². The van der Waals surface area contributed by atoms with E-state index in [0.29, 0.717) is 0 Å². The van der Waals surface area contributed by atoms with Gasteiger partial charge in [-0.15, -0.1) is 0 Å². The molecule has 0 aromatic heterocycles. The van der Waals surface area contributed by atoms with Crippen LogP contribution in [0, 0.1) is 6.92 Å². The summed E-state index contributed by atoms with van der Waals surface area (Å²) in [6.07, 6.45) is 0. The minimum atomic E-state index is -0.601. The highest BCUT2D eigenvalue weighted by molar-refractivity contribution is 5.94. The van der Waals surface area contributed by atoms with Crippen molar-refractivity contribution in [3.63, 3.8) is 0 Å². The van der Waals surface area contributed by atoms with Crippen LogP contribution in [0.1, 0.15) is 26.3 Å². The lowest BCUT2D eigenvalue weighted by Crippen LogP contribution is -2.01. The standard InChI is InChI=1S/C23H20O6/c1-13-10-14(15-5-8-18(20(24)11-15)22(26)28-2)4-7-17(13)16-6-9-19(21(25)12-16)23(27)29-3/h4-12,24-25H,1-3H3. The second kappa shape index (κ2) is 8.06. The Morgan fingerprint density at radius 1 is 0.690 bits per heavy atom. The molecule has 148 valence electrons. The van der Waals surface area contributed by atoms with Crippen LogP contribution < -0.4 is 0 Å². The van der Waals surface area contributed by atoms with Crippen molar-refractivity contribution >= 4 is 11.9 Å². The molecule has 0 amide bonds. The lowest BCUT2D eigenvalue weighted by Gasteiger charge is -2.12. The zero-order valence-electron chi connectivity index (χ0n) is 16.2. The number of phenols is 2. The topological polar surface area (TPSA) is 93.1 Å². The third kappa shape index (κ3) is 3.91. The van der Waals surface area contributed by atoms with Crippen molar-refractivity contribution in [1.82, 2.24) is 0 Å². The Kier molecular flexibility index (Phi) is 5.54. The van der Waals surface area contributed by atoms with Crippen LogP contribution in [0.3, 0.4) is 0 Å². The summed E-state index contributed by atoms with van der Waals surface area (Å²) in [5.74, 6) is -1.51. The summed E-state index contributed by atoms with van der Waals surface area (Å²) in [6.45, 7) is 1.92. The lowest BCUT2D eigenvalue weighted by atomic mass is 9.94. The van der Waals surface area contributed by atoms with E-state index < -0.39 is 11.9 Å². The number of benzene rings is 3. The Hall–Kier alpha value is -3.80. The van der Waals surface area contributed by atoms with Crippen molar-refractivity contribution in [3.05, 3.63) is 71.3 Å². The molecule has 0 saturated carbocycles. The highest BCUT2D eigenvalue weighted by Gasteiger charge is 2.15. The maximum absolute atomic E-state index is 11.6. The minimum Gasteiger partial charge on any atom is -0.507 e. The first kappa shape index (κ1) is 19.9. The zero-order valence-corrected chi connectivity index (χ0v) is 16.2. The fourth-order valence-electron chi connectivity index (χ4n) is 3.14. The molecule has 0 spiro atoms. The third-order valence-corrected chi connectivity index (χ3v) is 4.68. The van der Waals surface area contributed by atoms with Gasteiger partial charge in [0.2, 0.25) is 0 Å². The number of aryl methyl sites for hydroxylation is 1. The van der Waals surface area contributed by atoms with Crippen LogP contribution >= 0.6 is 0 Å². The van der Waals surface area contributed by atoms with E-state index in [9.17, 15) is 19.8 Å². The molecule has 3 aromatic carbocycles. The Bertz CT molecular complexity index is 1100. The molecule has 0 bridgehead atoms. The number of rotatable bonds is 4. The molecule has 0 heterocycles. The predicted molar refractivity (Wildman–Crippen MR) is 108 cm³/mol. The van der Waals surface area contributed by atoms with Gasteiger partial charge in [-0.1, -0.05) is 30.3 Å². The van der Waals surface area contributed by atoms with E-state index in [-0.39, 0.29) is 22.6 Å². The first-order chi connectivity index (χ1) is 13.8. The van der Waals surface area contributed by atoms with E-state index in [1.807, 2.05) is 25.1 Å². The van der Waals surface area contributed by atoms with Crippen molar-refractivity contribution in [3.8, 4) is 33.8 Å². The van der Waals surface area contributed by atoms with Crippen molar-refractivity contribution in [1.29, 1.82) is 0 Å². The number of ether oxygens (including phenoxy) is 2. The molecule has 6 heteroatoms. The van der Waals surface area contributed by atoms with Crippen LogP contribution in [0.4, 0.5) is 0 Å². The van der Waals surface area contributed by atoms with Crippen LogP contribution in [-0.2, 0) is 9.47 Å². The van der Waals surface area contributed by atoms with E-state index in [2.05, 4.69) is 9.47 Å². The van der Waals surface area contributed by atoms with E-state index in [0.717, 1.165) is 27.8 Å². The van der Waals surface area contributed by atoms with Gasteiger partial charge in [0.05, 0.1) is 14.2 Å². The van der Waals surface area contributed by atoms with Gasteiger partial charge < -0.3 is 19.7 Å². The molecule has 0 aliphatic rings. The number of aromatic hydroxyl groups is 2. The Morgan fingerprint density at radius 2 is 1.14 bits per heavy atom. The van der Waals surface area contributed by atoms with Crippen molar-refractivity contribution in [2.75, 3.05) is 14.2 Å². The molecule has 3 rings (SSSR count). The molecule has 3 aromatic rings. The highest BCUT2D eigenvalue weighted by Crippen LogP contribution is 2.33. The number of carbonyl (C=O) groups is 2. The molecule has 2 N–H and O–H groups in total. The summed E-state index contributed by atoms with van der Waals surface area (Å²) >= 11 is 0. The van der Waals surface area contributed by atoms with Crippen LogP contribution in [0.15, 0.2) is 54.6 Å². The number of hydrogen-bond acceptors (Lipinski definition) is 6. The lowest BCUT2D eigenvalue weighted by molar-refractivity contribution is 0.0588. The normalized spacial score (nSPS) is 10.4. The second-order valence-electron chi connectivity index (χ2n) is 6.48. The SMILES string of the molecule is COC(=O)c1ccc(-c2ccc(-c3ccc(C(=O)OC)c(O)c3)c(C)c2)cc1O. The van der Waals surface area contributed by atoms with Gasteiger partial charge in [-0.25, -0.2) is 9.59 Å². The van der Waals surface area contributed by atoms with E-state index in [4.69, 9.17) is 0 Å². The number of esters is 2. The highest BCUT2D eigenvalue weighted by atomic mass is 16.5. The molecule has 0 fully saturated rings. The second-order valence-corrected chi connectivity index (χ2v) is 6.48. The number of methoxy groups -OCH3 is 2.